The average molecular weight is 533 g/mol. The SMILES string of the molecule is COc1ccccc1N1C(=S)N[C@H](c2ccccn2)[C@H]1c1cc(C)n(-c2ccc(Br)cc2)c1C. The maximum Gasteiger partial charge on any atom is 0.174 e. The Hall–Kier alpha value is -3.16. The Kier molecular flexibility index (Phi) is 6.15. The molecule has 1 fully saturated rings. The number of nitrogens with one attached hydrogen (secondary N) is 1. The number of pyridine rings is 1. The number of halogens is 1. The van der Waals surface area contributed by atoms with Crippen molar-refractivity contribution in [2.75, 3.05) is 12.0 Å². The fourth-order valence-corrected chi connectivity index (χ4v) is 5.44. The summed E-state index contributed by atoms with van der Waals surface area (Å²) in [4.78, 5) is 6.84. The van der Waals surface area contributed by atoms with E-state index >= 15 is 0 Å². The number of benzene rings is 2. The summed E-state index contributed by atoms with van der Waals surface area (Å²) < 4.78 is 9.06. The largest absolute Gasteiger partial charge is 0.495 e. The topological polar surface area (TPSA) is 42.3 Å². The lowest BCUT2D eigenvalue weighted by molar-refractivity contribution is 0.414. The molecule has 7 heteroatoms. The first kappa shape index (κ1) is 22.6. The van der Waals surface area contributed by atoms with Crippen molar-refractivity contribution in [3.8, 4) is 11.4 Å². The van der Waals surface area contributed by atoms with E-state index < -0.39 is 0 Å². The first-order chi connectivity index (χ1) is 16.5. The number of thiocarbonyl (C=S) groups is 1. The zero-order valence-electron chi connectivity index (χ0n) is 19.2. The molecule has 0 saturated carbocycles. The van der Waals surface area contributed by atoms with E-state index in [1.807, 2.05) is 42.6 Å². The van der Waals surface area contributed by atoms with E-state index in [2.05, 4.69) is 85.9 Å². The summed E-state index contributed by atoms with van der Waals surface area (Å²) in [6.07, 6.45) is 1.83. The third kappa shape index (κ3) is 3.89. The summed E-state index contributed by atoms with van der Waals surface area (Å²) in [7, 11) is 1.69. The van der Waals surface area contributed by atoms with Gasteiger partial charge in [0.15, 0.2) is 5.11 Å². The number of hydrogen-bond acceptors (Lipinski definition) is 3. The first-order valence-electron chi connectivity index (χ1n) is 11.1. The van der Waals surface area contributed by atoms with E-state index in [0.717, 1.165) is 38.7 Å². The summed E-state index contributed by atoms with van der Waals surface area (Å²) in [5.41, 5.74) is 6.51. The smallest absolute Gasteiger partial charge is 0.174 e. The van der Waals surface area contributed by atoms with E-state index in [-0.39, 0.29) is 12.1 Å². The summed E-state index contributed by atoms with van der Waals surface area (Å²) in [5, 5.41) is 4.20. The Bertz CT molecular complexity index is 1340. The van der Waals surface area contributed by atoms with Crippen molar-refractivity contribution in [3.63, 3.8) is 0 Å². The fourth-order valence-electron chi connectivity index (χ4n) is 4.83. The fraction of sp³-hybridized carbons (Fsp3) is 0.185. The molecule has 1 saturated heterocycles. The van der Waals surface area contributed by atoms with Crippen molar-refractivity contribution in [1.29, 1.82) is 0 Å². The second-order valence-corrected chi connectivity index (χ2v) is 9.61. The van der Waals surface area contributed by atoms with Gasteiger partial charge in [0, 0.05) is 27.7 Å². The number of para-hydroxylation sites is 2. The van der Waals surface area contributed by atoms with Crippen LogP contribution in [-0.2, 0) is 0 Å². The average Bonchev–Trinajstić information content (AvgIpc) is 3.35. The Labute approximate surface area is 213 Å². The molecule has 2 atom stereocenters. The van der Waals surface area contributed by atoms with Crippen molar-refractivity contribution in [3.05, 3.63) is 106 Å². The molecule has 5 nitrogen and oxygen atoms in total. The van der Waals surface area contributed by atoms with Crippen LogP contribution in [0.5, 0.6) is 5.75 Å². The van der Waals surface area contributed by atoms with E-state index in [1.54, 1.807) is 7.11 Å². The van der Waals surface area contributed by atoms with Gasteiger partial charge in [-0.3, -0.25) is 4.98 Å². The van der Waals surface area contributed by atoms with Gasteiger partial charge in [0.2, 0.25) is 0 Å². The number of aromatic nitrogens is 2. The highest BCUT2D eigenvalue weighted by Gasteiger charge is 2.43. The number of ether oxygens (including phenoxy) is 1. The molecular formula is C27H25BrN4OS. The first-order valence-corrected chi connectivity index (χ1v) is 12.3. The lowest BCUT2D eigenvalue weighted by Gasteiger charge is -2.29. The van der Waals surface area contributed by atoms with Crippen LogP contribution in [0.15, 0.2) is 83.5 Å². The molecule has 0 amide bonds. The molecule has 34 heavy (non-hydrogen) atoms. The van der Waals surface area contributed by atoms with Crippen LogP contribution >= 0.6 is 28.1 Å². The van der Waals surface area contributed by atoms with Gasteiger partial charge in [-0.1, -0.05) is 34.1 Å². The second-order valence-electron chi connectivity index (χ2n) is 8.31. The number of rotatable bonds is 5. The second kappa shape index (κ2) is 9.24. The van der Waals surface area contributed by atoms with Crippen molar-refractivity contribution < 1.29 is 4.74 Å². The highest BCUT2D eigenvalue weighted by Crippen LogP contribution is 2.46. The Balaban J connectivity index is 1.70. The van der Waals surface area contributed by atoms with Gasteiger partial charge < -0.3 is 19.5 Å². The molecular weight excluding hydrogens is 508 g/mol. The third-order valence-electron chi connectivity index (χ3n) is 6.32. The van der Waals surface area contributed by atoms with Gasteiger partial charge in [-0.15, -0.1) is 0 Å². The van der Waals surface area contributed by atoms with Gasteiger partial charge in [0.05, 0.1) is 30.6 Å². The molecule has 1 N–H and O–H groups in total. The van der Waals surface area contributed by atoms with Crippen molar-refractivity contribution >= 4 is 38.9 Å². The molecule has 0 spiro atoms. The maximum absolute atomic E-state index is 5.89. The van der Waals surface area contributed by atoms with Gasteiger partial charge in [0.25, 0.3) is 0 Å². The van der Waals surface area contributed by atoms with Crippen LogP contribution in [0, 0.1) is 13.8 Å². The Morgan fingerprint density at radius 3 is 2.44 bits per heavy atom. The molecule has 172 valence electrons. The minimum absolute atomic E-state index is 0.103. The van der Waals surface area contributed by atoms with E-state index in [0.29, 0.717) is 5.11 Å². The van der Waals surface area contributed by atoms with Crippen LogP contribution < -0.4 is 15.0 Å². The molecule has 5 rings (SSSR count). The van der Waals surface area contributed by atoms with Crippen molar-refractivity contribution in [2.45, 2.75) is 25.9 Å². The molecule has 1 aliphatic rings. The zero-order chi connectivity index (χ0) is 23.8. The molecule has 2 aromatic heterocycles. The number of aryl methyl sites for hydroxylation is 1. The molecule has 0 radical (unpaired) electrons. The molecule has 0 unspecified atom stereocenters. The van der Waals surface area contributed by atoms with Gasteiger partial charge in [0.1, 0.15) is 5.75 Å². The van der Waals surface area contributed by atoms with Crippen molar-refractivity contribution in [1.82, 2.24) is 14.9 Å². The zero-order valence-corrected chi connectivity index (χ0v) is 21.6. The molecule has 2 aromatic carbocycles. The standard InChI is InChI=1S/C27H25BrN4OS/c1-17-16-21(18(2)31(17)20-13-11-19(28)12-14-20)26-25(22-8-6-7-15-29-22)30-27(34)32(26)23-9-4-5-10-24(23)33-3/h4-16,25-26H,1-3H3,(H,30,34)/t25-,26-/m1/s1. The molecule has 3 heterocycles. The number of hydrogen-bond donors (Lipinski definition) is 1. The summed E-state index contributed by atoms with van der Waals surface area (Å²) in [5.74, 6) is 0.778. The number of nitrogens with zero attached hydrogens (tertiary/aromatic N) is 3. The summed E-state index contributed by atoms with van der Waals surface area (Å²) >= 11 is 9.44. The normalized spacial score (nSPS) is 17.6. The molecule has 0 bridgehead atoms. The van der Waals surface area contributed by atoms with E-state index in [1.165, 1.54) is 5.56 Å². The van der Waals surface area contributed by atoms with Gasteiger partial charge in [-0.05, 0) is 86.2 Å². The summed E-state index contributed by atoms with van der Waals surface area (Å²) in [6.45, 7) is 4.31. The summed E-state index contributed by atoms with van der Waals surface area (Å²) in [6, 6.07) is 24.4. The van der Waals surface area contributed by atoms with Gasteiger partial charge in [-0.2, -0.15) is 0 Å². The van der Waals surface area contributed by atoms with Gasteiger partial charge >= 0.3 is 0 Å². The predicted octanol–water partition coefficient (Wildman–Crippen LogP) is 6.44. The van der Waals surface area contributed by atoms with Crippen LogP contribution in [0.4, 0.5) is 5.69 Å². The van der Waals surface area contributed by atoms with Crippen LogP contribution in [0.1, 0.15) is 34.7 Å². The number of anilines is 1. The lowest BCUT2D eigenvalue weighted by Crippen LogP contribution is -2.30. The lowest BCUT2D eigenvalue weighted by atomic mass is 9.96. The molecule has 0 aliphatic carbocycles. The highest BCUT2D eigenvalue weighted by atomic mass is 79.9. The van der Waals surface area contributed by atoms with Crippen LogP contribution in [0.2, 0.25) is 0 Å². The van der Waals surface area contributed by atoms with E-state index in [9.17, 15) is 0 Å². The minimum atomic E-state index is -0.113. The van der Waals surface area contributed by atoms with Gasteiger partial charge in [-0.25, -0.2) is 0 Å². The minimum Gasteiger partial charge on any atom is -0.495 e. The van der Waals surface area contributed by atoms with Crippen LogP contribution in [0.25, 0.3) is 5.69 Å². The predicted molar refractivity (Wildman–Crippen MR) is 144 cm³/mol. The molecule has 1 aliphatic heterocycles. The third-order valence-corrected chi connectivity index (χ3v) is 7.16. The highest BCUT2D eigenvalue weighted by molar-refractivity contribution is 9.10. The van der Waals surface area contributed by atoms with Crippen LogP contribution in [-0.4, -0.2) is 21.8 Å². The monoisotopic (exact) mass is 532 g/mol. The van der Waals surface area contributed by atoms with Crippen molar-refractivity contribution in [2.24, 2.45) is 0 Å². The quantitative estimate of drug-likeness (QED) is 0.299. The Morgan fingerprint density at radius 1 is 1.00 bits per heavy atom. The number of methoxy groups -OCH3 is 1. The van der Waals surface area contributed by atoms with E-state index in [4.69, 9.17) is 17.0 Å². The maximum atomic E-state index is 5.89. The van der Waals surface area contributed by atoms with Crippen LogP contribution in [0.3, 0.4) is 0 Å². The Morgan fingerprint density at radius 2 is 1.74 bits per heavy atom. The molecule has 4 aromatic rings.